The van der Waals surface area contributed by atoms with Crippen LogP contribution in [0.2, 0.25) is 0 Å². The van der Waals surface area contributed by atoms with E-state index in [1.807, 2.05) is 13.0 Å². The molecule has 3 heterocycles. The van der Waals surface area contributed by atoms with Crippen LogP contribution >= 0.6 is 0 Å². The van der Waals surface area contributed by atoms with E-state index in [1.54, 1.807) is 11.0 Å². The van der Waals surface area contributed by atoms with Crippen molar-refractivity contribution in [1.29, 1.82) is 0 Å². The fourth-order valence-corrected chi connectivity index (χ4v) is 3.71. The molecule has 0 bridgehead atoms. The van der Waals surface area contributed by atoms with Gasteiger partial charge in [0.15, 0.2) is 0 Å². The molecule has 1 atom stereocenters. The number of imidazole rings is 1. The van der Waals surface area contributed by atoms with Crippen molar-refractivity contribution in [2.24, 2.45) is 0 Å². The summed E-state index contributed by atoms with van der Waals surface area (Å²) < 4.78 is 39.6. The number of nitrogens with zero attached hydrogens (tertiary/aromatic N) is 2. The van der Waals surface area contributed by atoms with Gasteiger partial charge in [0.05, 0.1) is 17.7 Å². The van der Waals surface area contributed by atoms with Gasteiger partial charge in [-0.2, -0.15) is 0 Å². The molecule has 8 heteroatoms. The molecule has 2 aliphatic heterocycles. The molecule has 0 aliphatic carbocycles. The number of aryl methyl sites for hydroxylation is 1. The summed E-state index contributed by atoms with van der Waals surface area (Å²) in [6.07, 6.45) is 0.278. The molecule has 2 aromatic carbocycles. The molecule has 1 amide bonds. The van der Waals surface area contributed by atoms with E-state index in [4.69, 9.17) is 9.47 Å². The highest BCUT2D eigenvalue weighted by atomic mass is 19.1. The van der Waals surface area contributed by atoms with Crippen LogP contribution in [-0.4, -0.2) is 29.0 Å². The van der Waals surface area contributed by atoms with Crippen LogP contribution in [0.5, 0.6) is 11.5 Å². The zero-order valence-corrected chi connectivity index (χ0v) is 15.1. The first kappa shape index (κ1) is 17.0. The zero-order valence-electron chi connectivity index (χ0n) is 15.1. The first-order valence-corrected chi connectivity index (χ1v) is 9.09. The SMILES string of the molecule is Cc1nc2c(OC3CCOc4cc(F)cc(F)c43)cc(N3CCC3=O)cc2[nH]1. The Hall–Kier alpha value is -3.16. The summed E-state index contributed by atoms with van der Waals surface area (Å²) in [5.41, 5.74) is 2.23. The van der Waals surface area contributed by atoms with Crippen molar-refractivity contribution in [3.8, 4) is 11.5 Å². The molecule has 2 aliphatic rings. The molecule has 1 saturated heterocycles. The smallest absolute Gasteiger partial charge is 0.228 e. The number of H-pyrrole nitrogens is 1. The number of hydrogen-bond donors (Lipinski definition) is 1. The molecular formula is C20H17F2N3O3. The van der Waals surface area contributed by atoms with Gasteiger partial charge in [0.25, 0.3) is 0 Å². The lowest BCUT2D eigenvalue weighted by Gasteiger charge is -2.31. The fourth-order valence-electron chi connectivity index (χ4n) is 3.71. The average Bonchev–Trinajstić information content (AvgIpc) is 3.00. The van der Waals surface area contributed by atoms with Crippen LogP contribution in [0.4, 0.5) is 14.5 Å². The largest absolute Gasteiger partial charge is 0.493 e. The number of aromatic nitrogens is 2. The number of benzene rings is 2. The van der Waals surface area contributed by atoms with E-state index >= 15 is 0 Å². The van der Waals surface area contributed by atoms with Crippen LogP contribution in [0.25, 0.3) is 11.0 Å². The zero-order chi connectivity index (χ0) is 19.4. The molecule has 3 aromatic rings. The third-order valence-corrected chi connectivity index (χ3v) is 5.10. The summed E-state index contributed by atoms with van der Waals surface area (Å²) in [6.45, 7) is 2.75. The normalized spacial score (nSPS) is 18.6. The molecular weight excluding hydrogens is 368 g/mol. The van der Waals surface area contributed by atoms with Gasteiger partial charge in [0.2, 0.25) is 5.91 Å². The van der Waals surface area contributed by atoms with Gasteiger partial charge in [-0.15, -0.1) is 0 Å². The van der Waals surface area contributed by atoms with Crippen LogP contribution < -0.4 is 14.4 Å². The average molecular weight is 385 g/mol. The lowest BCUT2D eigenvalue weighted by atomic mass is 10.0. The Kier molecular flexibility index (Phi) is 3.75. The van der Waals surface area contributed by atoms with E-state index in [0.29, 0.717) is 42.2 Å². The van der Waals surface area contributed by atoms with Gasteiger partial charge in [-0.1, -0.05) is 0 Å². The molecule has 0 spiro atoms. The summed E-state index contributed by atoms with van der Waals surface area (Å²) in [5, 5.41) is 0. The molecule has 28 heavy (non-hydrogen) atoms. The molecule has 1 aromatic heterocycles. The first-order valence-electron chi connectivity index (χ1n) is 9.09. The highest BCUT2D eigenvalue weighted by Crippen LogP contribution is 2.40. The van der Waals surface area contributed by atoms with E-state index in [0.717, 1.165) is 17.6 Å². The number of fused-ring (bicyclic) bond motifs is 2. The van der Waals surface area contributed by atoms with Crippen LogP contribution in [0.15, 0.2) is 24.3 Å². The van der Waals surface area contributed by atoms with Crippen molar-refractivity contribution in [1.82, 2.24) is 9.97 Å². The van der Waals surface area contributed by atoms with E-state index in [1.165, 1.54) is 0 Å². The highest BCUT2D eigenvalue weighted by molar-refractivity contribution is 6.01. The fraction of sp³-hybridized carbons (Fsp3) is 0.300. The van der Waals surface area contributed by atoms with Crippen LogP contribution in [0.1, 0.15) is 30.3 Å². The third kappa shape index (κ3) is 2.67. The van der Waals surface area contributed by atoms with E-state index in [-0.39, 0.29) is 23.8 Å². The number of carbonyl (C=O) groups excluding carboxylic acids is 1. The van der Waals surface area contributed by atoms with E-state index in [9.17, 15) is 13.6 Å². The monoisotopic (exact) mass is 385 g/mol. The van der Waals surface area contributed by atoms with Gasteiger partial charge in [-0.05, 0) is 13.0 Å². The molecule has 6 nitrogen and oxygen atoms in total. The Bertz CT molecular complexity index is 1110. The third-order valence-electron chi connectivity index (χ3n) is 5.10. The lowest BCUT2D eigenvalue weighted by molar-refractivity contribution is -0.122. The second-order valence-corrected chi connectivity index (χ2v) is 7.00. The number of ether oxygens (including phenoxy) is 2. The molecule has 0 radical (unpaired) electrons. The Morgan fingerprint density at radius 2 is 2.14 bits per heavy atom. The van der Waals surface area contributed by atoms with Gasteiger partial charge < -0.3 is 19.4 Å². The van der Waals surface area contributed by atoms with Gasteiger partial charge >= 0.3 is 0 Å². The minimum Gasteiger partial charge on any atom is -0.493 e. The molecule has 1 N–H and O–H groups in total. The number of anilines is 1. The van der Waals surface area contributed by atoms with Gasteiger partial charge in [-0.25, -0.2) is 13.8 Å². The van der Waals surface area contributed by atoms with Gasteiger partial charge in [-0.3, -0.25) is 4.79 Å². The van der Waals surface area contributed by atoms with Crippen molar-refractivity contribution in [3.63, 3.8) is 0 Å². The van der Waals surface area contributed by atoms with Crippen molar-refractivity contribution >= 4 is 22.6 Å². The predicted octanol–water partition coefficient (Wildman–Crippen LogP) is 3.79. The molecule has 1 unspecified atom stereocenters. The summed E-state index contributed by atoms with van der Waals surface area (Å²) in [5.74, 6) is -0.0637. The Morgan fingerprint density at radius 1 is 1.29 bits per heavy atom. The number of aromatic amines is 1. The van der Waals surface area contributed by atoms with E-state index in [2.05, 4.69) is 9.97 Å². The standard InChI is InChI=1S/C20H17F2N3O3/c1-10-23-14-8-12(25-4-2-18(25)26)9-17(20(14)24-10)28-15-3-5-27-16-7-11(21)6-13(22)19(15)16/h6-9,15H,2-5H2,1H3,(H,23,24). The maximum Gasteiger partial charge on any atom is 0.228 e. The Balaban J connectivity index is 1.58. The lowest BCUT2D eigenvalue weighted by Crippen LogP contribution is -2.43. The van der Waals surface area contributed by atoms with Crippen molar-refractivity contribution < 1.29 is 23.0 Å². The van der Waals surface area contributed by atoms with Crippen LogP contribution in [-0.2, 0) is 4.79 Å². The van der Waals surface area contributed by atoms with E-state index < -0.39 is 17.7 Å². The van der Waals surface area contributed by atoms with Gasteiger partial charge in [0.1, 0.15) is 40.6 Å². The van der Waals surface area contributed by atoms with Crippen LogP contribution in [0.3, 0.4) is 0 Å². The number of hydrogen-bond acceptors (Lipinski definition) is 4. The molecule has 1 fully saturated rings. The summed E-state index contributed by atoms with van der Waals surface area (Å²) in [6, 6.07) is 5.59. The Labute approximate surface area is 159 Å². The summed E-state index contributed by atoms with van der Waals surface area (Å²) >= 11 is 0. The minimum atomic E-state index is -0.705. The highest BCUT2D eigenvalue weighted by Gasteiger charge is 2.30. The molecule has 144 valence electrons. The Morgan fingerprint density at radius 3 is 2.89 bits per heavy atom. The summed E-state index contributed by atoms with van der Waals surface area (Å²) in [7, 11) is 0. The van der Waals surface area contributed by atoms with Crippen molar-refractivity contribution in [3.05, 3.63) is 47.3 Å². The number of carbonyl (C=O) groups is 1. The minimum absolute atomic E-state index is 0.0412. The van der Waals surface area contributed by atoms with Gasteiger partial charge in [0, 0.05) is 43.3 Å². The number of rotatable bonds is 3. The molecule has 5 rings (SSSR count). The number of amides is 1. The number of β-lactam (4-membered cyclic amide) rings is 1. The summed E-state index contributed by atoms with van der Waals surface area (Å²) in [4.78, 5) is 21.2. The maximum absolute atomic E-state index is 14.5. The maximum atomic E-state index is 14.5. The first-order chi connectivity index (χ1) is 13.5. The van der Waals surface area contributed by atoms with Crippen molar-refractivity contribution in [2.75, 3.05) is 18.1 Å². The topological polar surface area (TPSA) is 67.5 Å². The quantitative estimate of drug-likeness (QED) is 0.697. The number of nitrogens with one attached hydrogen (secondary N) is 1. The second kappa shape index (κ2) is 6.19. The van der Waals surface area contributed by atoms with Crippen molar-refractivity contribution in [2.45, 2.75) is 25.9 Å². The molecule has 0 saturated carbocycles. The number of halogens is 2. The predicted molar refractivity (Wildman–Crippen MR) is 97.6 cm³/mol. The van der Waals surface area contributed by atoms with Crippen LogP contribution in [0, 0.1) is 18.6 Å². The second-order valence-electron chi connectivity index (χ2n) is 7.00.